The predicted molar refractivity (Wildman–Crippen MR) is 49.4 cm³/mol. The first kappa shape index (κ1) is 9.10. The van der Waals surface area contributed by atoms with E-state index in [1.165, 1.54) is 12.8 Å². The lowest BCUT2D eigenvalue weighted by Gasteiger charge is -1.93. The van der Waals surface area contributed by atoms with E-state index in [1.54, 1.807) is 0 Å². The van der Waals surface area contributed by atoms with Crippen molar-refractivity contribution in [2.24, 2.45) is 0 Å². The number of nitrogens with one attached hydrogen (secondary N) is 1. The van der Waals surface area contributed by atoms with Crippen molar-refractivity contribution in [1.29, 1.82) is 0 Å². The van der Waals surface area contributed by atoms with E-state index in [4.69, 9.17) is 4.42 Å². The molecular formula is C9H16N2O. The summed E-state index contributed by atoms with van der Waals surface area (Å²) < 4.78 is 5.44. The zero-order valence-electron chi connectivity index (χ0n) is 7.98. The average molecular weight is 168 g/mol. The Balaban J connectivity index is 2.64. The minimum absolute atomic E-state index is 0.624. The summed E-state index contributed by atoms with van der Waals surface area (Å²) in [6.45, 7) is 4.15. The SMILES string of the molecule is CCCCc1oc(NC)nc1C. The summed E-state index contributed by atoms with van der Waals surface area (Å²) in [5.74, 6) is 1.02. The highest BCUT2D eigenvalue weighted by atomic mass is 16.4. The van der Waals surface area contributed by atoms with Gasteiger partial charge >= 0.3 is 0 Å². The monoisotopic (exact) mass is 168 g/mol. The third-order valence-electron chi connectivity index (χ3n) is 1.86. The molecule has 1 N–H and O–H groups in total. The fraction of sp³-hybridized carbons (Fsp3) is 0.667. The summed E-state index contributed by atoms with van der Waals surface area (Å²) in [4.78, 5) is 4.20. The summed E-state index contributed by atoms with van der Waals surface area (Å²) in [5, 5.41) is 2.89. The molecule has 1 rings (SSSR count). The van der Waals surface area contributed by atoms with E-state index in [2.05, 4.69) is 17.2 Å². The second kappa shape index (κ2) is 4.14. The van der Waals surface area contributed by atoms with Crippen LogP contribution < -0.4 is 5.32 Å². The topological polar surface area (TPSA) is 38.1 Å². The summed E-state index contributed by atoms with van der Waals surface area (Å²) in [6, 6.07) is 0.624. The number of aromatic nitrogens is 1. The van der Waals surface area contributed by atoms with Crippen LogP contribution in [-0.4, -0.2) is 12.0 Å². The Labute approximate surface area is 73.2 Å². The Bertz CT molecular complexity index is 243. The molecule has 1 aromatic rings. The molecule has 3 nitrogen and oxygen atoms in total. The molecule has 0 amide bonds. The predicted octanol–water partition coefficient (Wildman–Crippen LogP) is 2.37. The minimum Gasteiger partial charge on any atom is -0.429 e. The van der Waals surface area contributed by atoms with E-state index in [0.717, 1.165) is 17.9 Å². The van der Waals surface area contributed by atoms with Crippen LogP contribution >= 0.6 is 0 Å². The lowest BCUT2D eigenvalue weighted by Crippen LogP contribution is -1.85. The van der Waals surface area contributed by atoms with Gasteiger partial charge in [-0.3, -0.25) is 0 Å². The van der Waals surface area contributed by atoms with Gasteiger partial charge in [0.25, 0.3) is 6.01 Å². The zero-order chi connectivity index (χ0) is 8.97. The lowest BCUT2D eigenvalue weighted by molar-refractivity contribution is 0.507. The summed E-state index contributed by atoms with van der Waals surface area (Å²) in [5.41, 5.74) is 1.01. The van der Waals surface area contributed by atoms with E-state index in [0.29, 0.717) is 6.01 Å². The van der Waals surface area contributed by atoms with Gasteiger partial charge in [-0.05, 0) is 13.3 Å². The summed E-state index contributed by atoms with van der Waals surface area (Å²) in [7, 11) is 1.81. The summed E-state index contributed by atoms with van der Waals surface area (Å²) >= 11 is 0. The first-order chi connectivity index (χ1) is 5.77. The molecule has 0 atom stereocenters. The molecule has 0 fully saturated rings. The maximum absolute atomic E-state index is 5.44. The van der Waals surface area contributed by atoms with Gasteiger partial charge in [0.1, 0.15) is 5.76 Å². The van der Waals surface area contributed by atoms with Crippen molar-refractivity contribution in [2.75, 3.05) is 12.4 Å². The molecule has 0 unspecified atom stereocenters. The number of unbranched alkanes of at least 4 members (excludes halogenated alkanes) is 1. The van der Waals surface area contributed by atoms with Crippen molar-refractivity contribution in [3.8, 4) is 0 Å². The van der Waals surface area contributed by atoms with E-state index in [1.807, 2.05) is 14.0 Å². The van der Waals surface area contributed by atoms with Gasteiger partial charge in [0, 0.05) is 13.5 Å². The average Bonchev–Trinajstić information content (AvgIpc) is 2.43. The van der Waals surface area contributed by atoms with Crippen LogP contribution in [0.3, 0.4) is 0 Å². The fourth-order valence-electron chi connectivity index (χ4n) is 1.10. The Morgan fingerprint density at radius 2 is 2.25 bits per heavy atom. The second-order valence-electron chi connectivity index (χ2n) is 2.88. The van der Waals surface area contributed by atoms with Gasteiger partial charge in [-0.1, -0.05) is 13.3 Å². The Morgan fingerprint density at radius 3 is 2.75 bits per heavy atom. The van der Waals surface area contributed by atoms with Gasteiger partial charge in [0.15, 0.2) is 0 Å². The Hall–Kier alpha value is -0.990. The molecule has 0 spiro atoms. The zero-order valence-corrected chi connectivity index (χ0v) is 7.98. The molecule has 0 saturated carbocycles. The van der Waals surface area contributed by atoms with Crippen molar-refractivity contribution in [3.63, 3.8) is 0 Å². The molecule has 0 aliphatic heterocycles. The highest BCUT2D eigenvalue weighted by molar-refractivity contribution is 5.23. The van der Waals surface area contributed by atoms with Crippen LogP contribution in [-0.2, 0) is 6.42 Å². The normalized spacial score (nSPS) is 10.2. The largest absolute Gasteiger partial charge is 0.429 e. The van der Waals surface area contributed by atoms with E-state index < -0.39 is 0 Å². The molecule has 3 heteroatoms. The molecule has 68 valence electrons. The van der Waals surface area contributed by atoms with Gasteiger partial charge < -0.3 is 9.73 Å². The highest BCUT2D eigenvalue weighted by Gasteiger charge is 2.06. The number of oxazole rings is 1. The maximum atomic E-state index is 5.44. The molecule has 0 aromatic carbocycles. The van der Waals surface area contributed by atoms with E-state index >= 15 is 0 Å². The van der Waals surface area contributed by atoms with Gasteiger partial charge in [-0.2, -0.15) is 4.98 Å². The van der Waals surface area contributed by atoms with Crippen LogP contribution in [0.1, 0.15) is 31.2 Å². The number of nitrogens with zero attached hydrogens (tertiary/aromatic N) is 1. The molecule has 0 bridgehead atoms. The molecule has 1 heterocycles. The first-order valence-electron chi connectivity index (χ1n) is 4.42. The van der Waals surface area contributed by atoms with Crippen molar-refractivity contribution in [2.45, 2.75) is 33.1 Å². The number of hydrogen-bond donors (Lipinski definition) is 1. The number of hydrogen-bond acceptors (Lipinski definition) is 3. The molecule has 1 aromatic heterocycles. The third-order valence-corrected chi connectivity index (χ3v) is 1.86. The van der Waals surface area contributed by atoms with Crippen LogP contribution in [0.15, 0.2) is 4.42 Å². The smallest absolute Gasteiger partial charge is 0.294 e. The molecule has 0 aliphatic carbocycles. The Morgan fingerprint density at radius 1 is 1.50 bits per heavy atom. The van der Waals surface area contributed by atoms with Gasteiger partial charge in [0.2, 0.25) is 0 Å². The quantitative estimate of drug-likeness (QED) is 0.750. The van der Waals surface area contributed by atoms with Crippen molar-refractivity contribution in [1.82, 2.24) is 4.98 Å². The van der Waals surface area contributed by atoms with E-state index in [9.17, 15) is 0 Å². The van der Waals surface area contributed by atoms with Crippen LogP contribution in [0, 0.1) is 6.92 Å². The van der Waals surface area contributed by atoms with Crippen molar-refractivity contribution in [3.05, 3.63) is 11.5 Å². The molecule has 0 aliphatic rings. The summed E-state index contributed by atoms with van der Waals surface area (Å²) in [6.07, 6.45) is 3.35. The highest BCUT2D eigenvalue weighted by Crippen LogP contribution is 2.15. The number of rotatable bonds is 4. The van der Waals surface area contributed by atoms with Crippen molar-refractivity contribution >= 4 is 6.01 Å². The lowest BCUT2D eigenvalue weighted by atomic mass is 10.2. The first-order valence-corrected chi connectivity index (χ1v) is 4.42. The number of aryl methyl sites for hydroxylation is 2. The van der Waals surface area contributed by atoms with E-state index in [-0.39, 0.29) is 0 Å². The van der Waals surface area contributed by atoms with Gasteiger partial charge in [-0.25, -0.2) is 0 Å². The molecule has 12 heavy (non-hydrogen) atoms. The number of anilines is 1. The van der Waals surface area contributed by atoms with Crippen molar-refractivity contribution < 1.29 is 4.42 Å². The molecule has 0 radical (unpaired) electrons. The second-order valence-corrected chi connectivity index (χ2v) is 2.88. The maximum Gasteiger partial charge on any atom is 0.294 e. The minimum atomic E-state index is 0.624. The fourth-order valence-corrected chi connectivity index (χ4v) is 1.10. The Kier molecular flexibility index (Phi) is 3.14. The molecular weight excluding hydrogens is 152 g/mol. The van der Waals surface area contributed by atoms with Gasteiger partial charge in [-0.15, -0.1) is 0 Å². The van der Waals surface area contributed by atoms with Crippen LogP contribution in [0.25, 0.3) is 0 Å². The van der Waals surface area contributed by atoms with Crippen LogP contribution in [0.2, 0.25) is 0 Å². The molecule has 0 saturated heterocycles. The van der Waals surface area contributed by atoms with Crippen LogP contribution in [0.4, 0.5) is 6.01 Å². The van der Waals surface area contributed by atoms with Crippen LogP contribution in [0.5, 0.6) is 0 Å². The third kappa shape index (κ3) is 2.00. The van der Waals surface area contributed by atoms with Gasteiger partial charge in [0.05, 0.1) is 5.69 Å². The standard InChI is InChI=1S/C9H16N2O/c1-4-5-6-8-7(2)11-9(10-3)12-8/h4-6H2,1-3H3,(H,10,11).